The Morgan fingerprint density at radius 2 is 2.25 bits per heavy atom. The van der Waals surface area contributed by atoms with Crippen molar-refractivity contribution in [2.45, 2.75) is 19.4 Å². The van der Waals surface area contributed by atoms with Gasteiger partial charge in [-0.15, -0.1) is 0 Å². The van der Waals surface area contributed by atoms with E-state index in [9.17, 15) is 4.79 Å². The summed E-state index contributed by atoms with van der Waals surface area (Å²) >= 11 is 0. The molecule has 8 heavy (non-hydrogen) atoms. The van der Waals surface area contributed by atoms with Crippen LogP contribution >= 0.6 is 0 Å². The van der Waals surface area contributed by atoms with Gasteiger partial charge in [-0.1, -0.05) is 0 Å². The molecule has 2 N–H and O–H groups in total. The maximum atomic E-state index is 9.65. The number of carboxylic acids is 1. The summed E-state index contributed by atoms with van der Waals surface area (Å²) < 4.78 is 0. The number of rotatable bonds is 2. The first-order chi connectivity index (χ1) is 3.13. The van der Waals surface area contributed by atoms with Gasteiger partial charge in [0, 0.05) is 0 Å². The predicted octanol–water partition coefficient (Wildman–Crippen LogP) is -0.314. The summed E-state index contributed by atoms with van der Waals surface area (Å²) in [7, 11) is 0. The van der Waals surface area contributed by atoms with Gasteiger partial charge in [0.05, 0.1) is 12.5 Å². The van der Waals surface area contributed by atoms with Crippen LogP contribution in [0.15, 0.2) is 0 Å². The topological polar surface area (TPSA) is 57.5 Å². The zero-order valence-corrected chi connectivity index (χ0v) is 6.21. The molecule has 0 radical (unpaired) electrons. The smallest absolute Gasteiger partial charge is 1.00 e. The Hall–Kier alpha value is 0.196. The van der Waals surface area contributed by atoms with E-state index in [-0.39, 0.29) is 32.3 Å². The normalized spacial score (nSPS) is 11.8. The third-order valence-corrected chi connectivity index (χ3v) is 0.470. The molecule has 0 saturated carbocycles. The number of aliphatic hydroxyl groups is 1. The van der Waals surface area contributed by atoms with E-state index >= 15 is 0 Å². The second-order valence-electron chi connectivity index (χ2n) is 1.45. The second-order valence-corrected chi connectivity index (χ2v) is 1.45. The molecule has 0 aliphatic rings. The van der Waals surface area contributed by atoms with E-state index in [1.165, 1.54) is 6.92 Å². The standard InChI is InChI=1S/C4H8O3.Mg.2H/c1-3(5)2-4(6)7;;;/h3,5H,2H2,1H3,(H,6,7);;;/q;+2;2*-1. The Morgan fingerprint density at radius 3 is 2.25 bits per heavy atom. The van der Waals surface area contributed by atoms with Crippen LogP contribution in [0, 0.1) is 0 Å². The minimum atomic E-state index is -0.963. The number of hydrogen-bond donors (Lipinski definition) is 2. The van der Waals surface area contributed by atoms with Gasteiger partial charge in [-0.3, -0.25) is 4.79 Å². The molecule has 4 heteroatoms. The quantitative estimate of drug-likeness (QED) is 0.504. The van der Waals surface area contributed by atoms with Crippen LogP contribution in [-0.2, 0) is 4.79 Å². The van der Waals surface area contributed by atoms with Crippen molar-refractivity contribution in [1.29, 1.82) is 0 Å². The number of carboxylic acid groups (broad SMARTS) is 1. The first-order valence-electron chi connectivity index (χ1n) is 2.03. The summed E-state index contributed by atoms with van der Waals surface area (Å²) in [5.41, 5.74) is 0. The minimum Gasteiger partial charge on any atom is -1.00 e. The predicted molar refractivity (Wildman–Crippen MR) is 31.9 cm³/mol. The van der Waals surface area contributed by atoms with Crippen molar-refractivity contribution in [1.82, 2.24) is 0 Å². The van der Waals surface area contributed by atoms with Crippen LogP contribution in [0.3, 0.4) is 0 Å². The third kappa shape index (κ3) is 9.50. The van der Waals surface area contributed by atoms with Crippen LogP contribution in [-0.4, -0.2) is 45.3 Å². The monoisotopic (exact) mass is 130 g/mol. The minimum absolute atomic E-state index is 0. The van der Waals surface area contributed by atoms with Crippen LogP contribution in [0.2, 0.25) is 0 Å². The molecule has 0 amide bonds. The molecular weight excluding hydrogens is 120 g/mol. The van der Waals surface area contributed by atoms with E-state index in [2.05, 4.69) is 0 Å². The average Bonchev–Trinajstić information content (AvgIpc) is 1.27. The van der Waals surface area contributed by atoms with Crippen molar-refractivity contribution < 1.29 is 17.9 Å². The van der Waals surface area contributed by atoms with Crippen LogP contribution in [0.25, 0.3) is 0 Å². The molecule has 3 nitrogen and oxygen atoms in total. The molecule has 0 aromatic heterocycles. The Balaban J connectivity index is -0.0000000600. The number of carbonyl (C=O) groups is 1. The molecule has 0 fully saturated rings. The molecule has 0 aliphatic heterocycles. The molecule has 1 atom stereocenters. The van der Waals surface area contributed by atoms with Crippen LogP contribution in [0.4, 0.5) is 0 Å². The Kier molecular flexibility index (Phi) is 7.37. The molecule has 0 heterocycles. The maximum Gasteiger partial charge on any atom is 2.00 e. The SMILES string of the molecule is CC(O)CC(=O)O.[H-].[H-].[Mg+2]. The fourth-order valence-corrected chi connectivity index (χ4v) is 0.253. The summed E-state index contributed by atoms with van der Waals surface area (Å²) in [5.74, 6) is -0.963. The molecule has 0 rings (SSSR count). The number of aliphatic hydroxyl groups excluding tert-OH is 1. The third-order valence-electron chi connectivity index (χ3n) is 0.470. The summed E-state index contributed by atoms with van der Waals surface area (Å²) in [5, 5.41) is 16.3. The van der Waals surface area contributed by atoms with Crippen LogP contribution in [0.1, 0.15) is 16.2 Å². The van der Waals surface area contributed by atoms with E-state index < -0.39 is 12.1 Å². The van der Waals surface area contributed by atoms with Gasteiger partial charge in [0.2, 0.25) is 0 Å². The summed E-state index contributed by atoms with van der Waals surface area (Å²) in [6, 6.07) is 0. The van der Waals surface area contributed by atoms with Gasteiger partial charge in [-0.2, -0.15) is 0 Å². The van der Waals surface area contributed by atoms with Gasteiger partial charge < -0.3 is 13.1 Å². The largest absolute Gasteiger partial charge is 2.00 e. The fourth-order valence-electron chi connectivity index (χ4n) is 0.253. The molecule has 0 bridgehead atoms. The summed E-state index contributed by atoms with van der Waals surface area (Å²) in [6.45, 7) is 1.44. The molecule has 0 aliphatic carbocycles. The van der Waals surface area contributed by atoms with E-state index in [1.54, 1.807) is 0 Å². The zero-order valence-electron chi connectivity index (χ0n) is 6.79. The van der Waals surface area contributed by atoms with Crippen molar-refractivity contribution in [3.05, 3.63) is 0 Å². The van der Waals surface area contributed by atoms with Crippen molar-refractivity contribution in [3.63, 3.8) is 0 Å². The first kappa shape index (κ1) is 11.1. The maximum absolute atomic E-state index is 9.65. The van der Waals surface area contributed by atoms with Crippen LogP contribution in [0.5, 0.6) is 0 Å². The molecule has 0 saturated heterocycles. The Bertz CT molecular complexity index is 78.9. The molecule has 0 spiro atoms. The molecular formula is C4H10MgO3. The van der Waals surface area contributed by atoms with E-state index in [4.69, 9.17) is 10.2 Å². The van der Waals surface area contributed by atoms with E-state index in [1.807, 2.05) is 0 Å². The number of hydrogen-bond acceptors (Lipinski definition) is 2. The molecule has 1 unspecified atom stereocenters. The van der Waals surface area contributed by atoms with Gasteiger partial charge in [-0.25, -0.2) is 0 Å². The summed E-state index contributed by atoms with van der Waals surface area (Å²) in [4.78, 5) is 9.65. The van der Waals surface area contributed by atoms with Crippen molar-refractivity contribution in [2.24, 2.45) is 0 Å². The fraction of sp³-hybridized carbons (Fsp3) is 0.750. The van der Waals surface area contributed by atoms with Crippen LogP contribution < -0.4 is 0 Å². The number of aliphatic carboxylic acids is 1. The van der Waals surface area contributed by atoms with Gasteiger partial charge in [-0.05, 0) is 6.92 Å². The van der Waals surface area contributed by atoms with Crippen molar-refractivity contribution in [3.8, 4) is 0 Å². The zero-order chi connectivity index (χ0) is 5.86. The Morgan fingerprint density at radius 1 is 1.88 bits per heavy atom. The van der Waals surface area contributed by atoms with Gasteiger partial charge in [0.15, 0.2) is 0 Å². The molecule has 0 aromatic rings. The summed E-state index contributed by atoms with van der Waals surface area (Å²) in [6.07, 6.45) is -0.891. The first-order valence-corrected chi connectivity index (χ1v) is 2.03. The van der Waals surface area contributed by atoms with Gasteiger partial charge in [0.25, 0.3) is 0 Å². The molecule has 46 valence electrons. The van der Waals surface area contributed by atoms with Gasteiger partial charge >= 0.3 is 29.0 Å². The van der Waals surface area contributed by atoms with Crippen molar-refractivity contribution in [2.75, 3.05) is 0 Å². The van der Waals surface area contributed by atoms with Crippen molar-refractivity contribution >= 4 is 29.0 Å². The second kappa shape index (κ2) is 5.34. The van der Waals surface area contributed by atoms with E-state index in [0.29, 0.717) is 0 Å². The molecule has 0 aromatic carbocycles. The average molecular weight is 130 g/mol. The van der Waals surface area contributed by atoms with Gasteiger partial charge in [0.1, 0.15) is 0 Å². The van der Waals surface area contributed by atoms with E-state index in [0.717, 1.165) is 0 Å². The Labute approximate surface area is 66.8 Å².